The summed E-state index contributed by atoms with van der Waals surface area (Å²) < 4.78 is 0. The van der Waals surface area contributed by atoms with Gasteiger partial charge in [-0.05, 0) is 22.2 Å². The molecular weight excluding hydrogens is 304 g/mol. The second kappa shape index (κ2) is 10.1. The van der Waals surface area contributed by atoms with Crippen molar-refractivity contribution in [2.24, 2.45) is 10.2 Å². The number of hydrogen-bond donors (Lipinski definition) is 1. The molecule has 1 N–H and O–H groups in total. The lowest BCUT2D eigenvalue weighted by Crippen LogP contribution is -1.78. The van der Waals surface area contributed by atoms with E-state index in [1.54, 1.807) is 36.4 Å². The molecule has 0 spiro atoms. The Morgan fingerprint density at radius 3 is 1.55 bits per heavy atom. The van der Waals surface area contributed by atoms with Crippen molar-refractivity contribution < 1.29 is 5.11 Å². The van der Waals surface area contributed by atoms with Gasteiger partial charge in [-0.1, -0.05) is 58.8 Å². The number of aliphatic hydroxyl groups is 1. The Morgan fingerprint density at radius 1 is 0.818 bits per heavy atom. The van der Waals surface area contributed by atoms with Crippen LogP contribution in [0.5, 0.6) is 0 Å². The maximum absolute atomic E-state index is 8.65. The van der Waals surface area contributed by atoms with Crippen LogP contribution in [0.1, 0.15) is 11.1 Å². The average molecular weight is 317 g/mol. The fraction of sp³-hybridized carbons (Fsp3) is 0.143. The minimum atomic E-state index is 0.0105. The molecule has 0 aromatic heterocycles. The Labute approximate surface area is 132 Å². The van der Waals surface area contributed by atoms with E-state index in [1.807, 2.05) is 12.1 Å². The van der Waals surface area contributed by atoms with Crippen LogP contribution in [0.3, 0.4) is 0 Å². The molecule has 112 valence electrons. The maximum Gasteiger partial charge on any atom is 0.0681 e. The van der Waals surface area contributed by atoms with Crippen LogP contribution in [-0.4, -0.2) is 5.11 Å². The van der Waals surface area contributed by atoms with Gasteiger partial charge in [0.2, 0.25) is 0 Å². The van der Waals surface area contributed by atoms with Crippen LogP contribution < -0.4 is 0 Å². The number of nitrogens with zero attached hydrogens (tertiary/aromatic N) is 6. The number of benzene rings is 2. The zero-order valence-corrected chi connectivity index (χ0v) is 12.3. The summed E-state index contributed by atoms with van der Waals surface area (Å²) in [6.45, 7) is 0.0105. The van der Waals surface area contributed by atoms with Gasteiger partial charge in [-0.3, -0.25) is 0 Å². The van der Waals surface area contributed by atoms with Crippen LogP contribution in [0.4, 0.5) is 11.4 Å². The van der Waals surface area contributed by atoms with Gasteiger partial charge in [0.15, 0.2) is 0 Å². The van der Waals surface area contributed by atoms with E-state index in [4.69, 9.17) is 27.8 Å². The minimum Gasteiger partial charge on any atom is -0.392 e. The molecule has 0 radical (unpaired) electrons. The summed E-state index contributed by atoms with van der Waals surface area (Å²) in [6, 6.07) is 13.9. The van der Waals surface area contributed by atoms with Crippen LogP contribution in [0.25, 0.3) is 20.9 Å². The number of azide groups is 2. The number of rotatable bonds is 4. The highest BCUT2D eigenvalue weighted by atomic mass is 35.5. The van der Waals surface area contributed by atoms with Crippen molar-refractivity contribution in [3.63, 3.8) is 0 Å². The molecular formula is C14H13ClN6O. The smallest absolute Gasteiger partial charge is 0.0681 e. The fourth-order valence-electron chi connectivity index (χ4n) is 1.42. The molecule has 0 saturated heterocycles. The van der Waals surface area contributed by atoms with Crippen molar-refractivity contribution >= 4 is 23.0 Å². The lowest BCUT2D eigenvalue weighted by Gasteiger charge is -1.94. The van der Waals surface area contributed by atoms with E-state index in [1.165, 1.54) is 0 Å². The van der Waals surface area contributed by atoms with Crippen LogP contribution in [-0.2, 0) is 12.5 Å². The molecule has 0 aliphatic heterocycles. The van der Waals surface area contributed by atoms with Gasteiger partial charge in [0.05, 0.1) is 6.61 Å². The first kappa shape index (κ1) is 17.4. The molecule has 7 nitrogen and oxygen atoms in total. The first-order chi connectivity index (χ1) is 10.7. The Hall–Kier alpha value is -2.69. The molecule has 0 aliphatic rings. The maximum atomic E-state index is 8.65. The molecule has 22 heavy (non-hydrogen) atoms. The monoisotopic (exact) mass is 316 g/mol. The summed E-state index contributed by atoms with van der Waals surface area (Å²) in [6.07, 6.45) is 0. The molecule has 0 heterocycles. The third-order valence-electron chi connectivity index (χ3n) is 2.53. The summed E-state index contributed by atoms with van der Waals surface area (Å²) in [7, 11) is 0. The Balaban J connectivity index is 0.000000220. The highest BCUT2D eigenvalue weighted by molar-refractivity contribution is 6.17. The van der Waals surface area contributed by atoms with Crippen molar-refractivity contribution in [1.29, 1.82) is 0 Å². The minimum absolute atomic E-state index is 0.0105. The topological polar surface area (TPSA) is 118 Å². The van der Waals surface area contributed by atoms with Gasteiger partial charge in [-0.15, -0.1) is 11.6 Å². The molecule has 0 atom stereocenters. The molecule has 0 unspecified atom stereocenters. The molecule has 2 aromatic rings. The summed E-state index contributed by atoms with van der Waals surface area (Å²) in [5, 5.41) is 15.5. The fourth-order valence-corrected chi connectivity index (χ4v) is 1.60. The quantitative estimate of drug-likeness (QED) is 0.341. The van der Waals surface area contributed by atoms with Crippen LogP contribution in [0.15, 0.2) is 58.8 Å². The largest absolute Gasteiger partial charge is 0.392 e. The van der Waals surface area contributed by atoms with Gasteiger partial charge in [0, 0.05) is 27.1 Å². The molecule has 0 saturated carbocycles. The second-order valence-corrected chi connectivity index (χ2v) is 4.27. The Morgan fingerprint density at radius 2 is 1.23 bits per heavy atom. The van der Waals surface area contributed by atoms with Crippen molar-refractivity contribution in [3.05, 3.63) is 80.5 Å². The first-order valence-corrected chi connectivity index (χ1v) is 6.72. The molecule has 0 amide bonds. The van der Waals surface area contributed by atoms with E-state index in [2.05, 4.69) is 20.1 Å². The summed E-state index contributed by atoms with van der Waals surface area (Å²) in [4.78, 5) is 5.28. The number of hydrogen-bond acceptors (Lipinski definition) is 3. The summed E-state index contributed by atoms with van der Waals surface area (Å²) >= 11 is 5.55. The third kappa shape index (κ3) is 6.17. The summed E-state index contributed by atoms with van der Waals surface area (Å²) in [5.74, 6) is 0.483. The zero-order valence-electron chi connectivity index (χ0n) is 11.5. The number of alkyl halides is 1. The normalized spacial score (nSPS) is 8.82. The first-order valence-electron chi connectivity index (χ1n) is 6.18. The highest BCUT2D eigenvalue weighted by Crippen LogP contribution is 2.14. The van der Waals surface area contributed by atoms with Gasteiger partial charge in [-0.25, -0.2) is 0 Å². The molecule has 0 bridgehead atoms. The van der Waals surface area contributed by atoms with Gasteiger partial charge in [0.25, 0.3) is 0 Å². The Kier molecular flexibility index (Phi) is 7.97. The van der Waals surface area contributed by atoms with Gasteiger partial charge in [0.1, 0.15) is 0 Å². The lowest BCUT2D eigenvalue weighted by atomic mass is 10.2. The molecule has 8 heteroatoms. The zero-order chi connectivity index (χ0) is 16.2. The molecule has 0 aliphatic carbocycles. The van der Waals surface area contributed by atoms with E-state index in [0.717, 1.165) is 11.1 Å². The van der Waals surface area contributed by atoms with E-state index < -0.39 is 0 Å². The van der Waals surface area contributed by atoms with Crippen LogP contribution >= 0.6 is 11.6 Å². The highest BCUT2D eigenvalue weighted by Gasteiger charge is 1.89. The molecule has 0 fully saturated rings. The van der Waals surface area contributed by atoms with E-state index in [0.29, 0.717) is 17.3 Å². The van der Waals surface area contributed by atoms with Crippen molar-refractivity contribution in [2.75, 3.05) is 0 Å². The third-order valence-corrected chi connectivity index (χ3v) is 2.84. The predicted octanol–water partition coefficient (Wildman–Crippen LogP) is 5.49. The van der Waals surface area contributed by atoms with Gasteiger partial charge < -0.3 is 5.11 Å². The molecule has 2 aromatic carbocycles. The predicted molar refractivity (Wildman–Crippen MR) is 86.0 cm³/mol. The van der Waals surface area contributed by atoms with Crippen molar-refractivity contribution in [1.82, 2.24) is 0 Å². The van der Waals surface area contributed by atoms with Crippen molar-refractivity contribution in [2.45, 2.75) is 12.5 Å². The van der Waals surface area contributed by atoms with Crippen LogP contribution in [0.2, 0.25) is 0 Å². The van der Waals surface area contributed by atoms with Gasteiger partial charge in [-0.2, -0.15) is 0 Å². The summed E-state index contributed by atoms with van der Waals surface area (Å²) in [5.41, 5.74) is 19.1. The van der Waals surface area contributed by atoms with Gasteiger partial charge >= 0.3 is 0 Å². The van der Waals surface area contributed by atoms with E-state index in [-0.39, 0.29) is 6.61 Å². The van der Waals surface area contributed by atoms with E-state index >= 15 is 0 Å². The van der Waals surface area contributed by atoms with Crippen LogP contribution in [0, 0.1) is 0 Å². The van der Waals surface area contributed by atoms with E-state index in [9.17, 15) is 0 Å². The molecule has 2 rings (SSSR count). The number of aliphatic hydroxyl groups excluding tert-OH is 1. The lowest BCUT2D eigenvalue weighted by molar-refractivity contribution is 0.282. The Bertz CT molecular complexity index is 612. The SMILES string of the molecule is [N-]=[N+]=Nc1ccc(CCl)cc1.[N-]=[N+]=Nc1ccc(CO)cc1. The standard InChI is InChI=1S/C7H6ClN3.C7H7N3O/c8-5-6-1-3-7(4-2-6)10-11-9;8-10-9-7-3-1-6(5-11)2-4-7/h1-4H,5H2;1-4,11H,5H2. The average Bonchev–Trinajstić information content (AvgIpc) is 2.57. The number of halogens is 1. The second-order valence-electron chi connectivity index (χ2n) is 4.00. The van der Waals surface area contributed by atoms with Crippen molar-refractivity contribution in [3.8, 4) is 0 Å².